The van der Waals surface area contributed by atoms with Gasteiger partial charge >= 0.3 is 0 Å². The van der Waals surface area contributed by atoms with Crippen LogP contribution in [0.2, 0.25) is 5.02 Å². The summed E-state index contributed by atoms with van der Waals surface area (Å²) in [5.41, 5.74) is 1.95. The Labute approximate surface area is 162 Å². The van der Waals surface area contributed by atoms with E-state index in [-0.39, 0.29) is 0 Å². The van der Waals surface area contributed by atoms with Crippen LogP contribution in [-0.4, -0.2) is 41.0 Å². The fraction of sp³-hybridized carbons (Fsp3) is 0.500. The number of halogens is 1. The van der Waals surface area contributed by atoms with Gasteiger partial charge in [-0.1, -0.05) is 29.8 Å². The Bertz CT molecular complexity index is 834. The van der Waals surface area contributed by atoms with Gasteiger partial charge in [-0.3, -0.25) is 4.79 Å². The molecule has 26 heavy (non-hydrogen) atoms. The summed E-state index contributed by atoms with van der Waals surface area (Å²) in [6, 6.07) is 8.86. The smallest absolute Gasteiger partial charge is 0.223 e. The summed E-state index contributed by atoms with van der Waals surface area (Å²) in [5, 5.41) is 3.92. The van der Waals surface area contributed by atoms with E-state index in [1.54, 1.807) is 11.3 Å². The van der Waals surface area contributed by atoms with Crippen LogP contribution in [0.3, 0.4) is 0 Å². The van der Waals surface area contributed by atoms with Crippen LogP contribution in [0.5, 0.6) is 0 Å². The highest BCUT2D eigenvalue weighted by atomic mass is 35.5. The van der Waals surface area contributed by atoms with Crippen LogP contribution < -0.4 is 4.90 Å². The maximum Gasteiger partial charge on any atom is 0.223 e. The van der Waals surface area contributed by atoms with Crippen molar-refractivity contribution in [3.05, 3.63) is 34.7 Å². The molecule has 1 aromatic heterocycles. The molecule has 0 radical (unpaired) electrons. The molecule has 4 nitrogen and oxygen atoms in total. The zero-order valence-electron chi connectivity index (χ0n) is 14.6. The summed E-state index contributed by atoms with van der Waals surface area (Å²) < 4.78 is 0. The molecule has 2 saturated heterocycles. The summed E-state index contributed by atoms with van der Waals surface area (Å²) in [5.74, 6) is 0.965. The number of likely N-dealkylation sites (tertiary alicyclic amines) is 1. The number of fused-ring (bicyclic) bond motifs is 1. The molecule has 0 spiro atoms. The highest BCUT2D eigenvalue weighted by molar-refractivity contribution is 7.14. The maximum absolute atomic E-state index is 12.4. The number of thiazole rings is 1. The lowest BCUT2D eigenvalue weighted by Gasteiger charge is -2.47. The van der Waals surface area contributed by atoms with Gasteiger partial charge in [-0.2, -0.15) is 0 Å². The summed E-state index contributed by atoms with van der Waals surface area (Å²) in [4.78, 5) is 21.9. The first-order chi connectivity index (χ1) is 12.7. The molecular weight excluding hydrogens is 366 g/mol. The molecule has 3 fully saturated rings. The predicted molar refractivity (Wildman–Crippen MR) is 106 cm³/mol. The van der Waals surface area contributed by atoms with Gasteiger partial charge in [-0.05, 0) is 37.7 Å². The molecule has 1 amide bonds. The molecule has 2 unspecified atom stereocenters. The summed E-state index contributed by atoms with van der Waals surface area (Å²) in [6.07, 6.45) is 5.20. The average molecular weight is 388 g/mol. The molecule has 1 aromatic carbocycles. The number of anilines is 1. The number of amides is 1. The molecule has 3 aliphatic rings. The summed E-state index contributed by atoms with van der Waals surface area (Å²) in [6.45, 7) is 1.99. The van der Waals surface area contributed by atoms with E-state index >= 15 is 0 Å². The van der Waals surface area contributed by atoms with Crippen LogP contribution in [0.1, 0.15) is 32.1 Å². The van der Waals surface area contributed by atoms with E-state index in [1.165, 1.54) is 12.8 Å². The highest BCUT2D eigenvalue weighted by Crippen LogP contribution is 2.40. The minimum absolute atomic E-state index is 0.387. The zero-order valence-corrected chi connectivity index (χ0v) is 16.2. The van der Waals surface area contributed by atoms with Gasteiger partial charge < -0.3 is 9.80 Å². The third-order valence-corrected chi connectivity index (χ3v) is 7.15. The van der Waals surface area contributed by atoms with Crippen molar-refractivity contribution in [3.8, 4) is 11.3 Å². The van der Waals surface area contributed by atoms with Crippen LogP contribution in [0, 0.1) is 5.92 Å². The summed E-state index contributed by atoms with van der Waals surface area (Å²) in [7, 11) is 0. The standard InChI is InChI=1S/C20H22ClN3OS/c21-16-4-2-1-3-15(16)17-12-26-20(22-17)23-10-9-18-13(11-23)5-8-19(25)24(18)14-6-7-14/h1-4,12-14,18H,5-11H2. The van der Waals surface area contributed by atoms with Crippen LogP contribution in [-0.2, 0) is 4.79 Å². The fourth-order valence-electron chi connectivity index (χ4n) is 4.50. The topological polar surface area (TPSA) is 36.4 Å². The molecule has 0 bridgehead atoms. The Morgan fingerprint density at radius 2 is 2.00 bits per heavy atom. The van der Waals surface area contributed by atoms with E-state index in [0.717, 1.165) is 47.3 Å². The van der Waals surface area contributed by atoms with Crippen LogP contribution in [0.15, 0.2) is 29.6 Å². The Morgan fingerprint density at radius 1 is 1.15 bits per heavy atom. The van der Waals surface area contributed by atoms with E-state index in [4.69, 9.17) is 16.6 Å². The molecule has 0 N–H and O–H groups in total. The van der Waals surface area contributed by atoms with Crippen molar-refractivity contribution in [2.75, 3.05) is 18.0 Å². The minimum Gasteiger partial charge on any atom is -0.348 e. The van der Waals surface area contributed by atoms with Gasteiger partial charge in [-0.25, -0.2) is 4.98 Å². The van der Waals surface area contributed by atoms with E-state index in [9.17, 15) is 4.79 Å². The minimum atomic E-state index is 0.387. The molecule has 1 aliphatic carbocycles. The molecule has 136 valence electrons. The molecular formula is C20H22ClN3OS. The molecule has 1 saturated carbocycles. The lowest BCUT2D eigenvalue weighted by Crippen LogP contribution is -2.56. The average Bonchev–Trinajstić information content (AvgIpc) is 3.37. The Kier molecular flexibility index (Phi) is 4.17. The number of nitrogens with zero attached hydrogens (tertiary/aromatic N) is 3. The normalized spacial score (nSPS) is 26.1. The van der Waals surface area contributed by atoms with E-state index in [0.29, 0.717) is 30.3 Å². The Morgan fingerprint density at radius 3 is 2.81 bits per heavy atom. The number of aromatic nitrogens is 1. The number of hydrogen-bond donors (Lipinski definition) is 0. The monoisotopic (exact) mass is 387 g/mol. The zero-order chi connectivity index (χ0) is 17.7. The number of piperidine rings is 2. The lowest BCUT2D eigenvalue weighted by molar-refractivity contribution is -0.140. The predicted octanol–water partition coefficient (Wildman–Crippen LogP) is 4.44. The van der Waals surface area contributed by atoms with Gasteiger partial charge in [0.25, 0.3) is 0 Å². The summed E-state index contributed by atoms with van der Waals surface area (Å²) >= 11 is 8.02. The quantitative estimate of drug-likeness (QED) is 0.781. The molecule has 3 heterocycles. The van der Waals surface area contributed by atoms with Crippen LogP contribution in [0.4, 0.5) is 5.13 Å². The number of hydrogen-bond acceptors (Lipinski definition) is 4. The number of rotatable bonds is 3. The van der Waals surface area contributed by atoms with Crippen molar-refractivity contribution in [2.45, 2.75) is 44.2 Å². The van der Waals surface area contributed by atoms with E-state index in [2.05, 4.69) is 15.2 Å². The Hall–Kier alpha value is -1.59. The number of carbonyl (C=O) groups excluding carboxylic acids is 1. The van der Waals surface area contributed by atoms with Gasteiger partial charge in [-0.15, -0.1) is 11.3 Å². The molecule has 2 aromatic rings. The first-order valence-corrected chi connectivity index (χ1v) is 10.7. The van der Waals surface area contributed by atoms with Crippen molar-refractivity contribution in [1.82, 2.24) is 9.88 Å². The second-order valence-electron chi connectivity index (χ2n) is 7.63. The van der Waals surface area contributed by atoms with Gasteiger partial charge in [0.05, 0.1) is 5.69 Å². The third kappa shape index (κ3) is 2.91. The number of carbonyl (C=O) groups is 1. The van der Waals surface area contributed by atoms with Gasteiger partial charge in [0.2, 0.25) is 5.91 Å². The van der Waals surface area contributed by atoms with Crippen LogP contribution in [0.25, 0.3) is 11.3 Å². The van der Waals surface area contributed by atoms with Gasteiger partial charge in [0, 0.05) is 47.6 Å². The van der Waals surface area contributed by atoms with Gasteiger partial charge in [0.1, 0.15) is 0 Å². The second-order valence-corrected chi connectivity index (χ2v) is 8.87. The first kappa shape index (κ1) is 16.6. The van der Waals surface area contributed by atoms with Crippen molar-refractivity contribution in [1.29, 1.82) is 0 Å². The van der Waals surface area contributed by atoms with E-state index in [1.807, 2.05) is 24.3 Å². The highest BCUT2D eigenvalue weighted by Gasteiger charge is 2.45. The van der Waals surface area contributed by atoms with Crippen molar-refractivity contribution < 1.29 is 4.79 Å². The molecule has 2 atom stereocenters. The largest absolute Gasteiger partial charge is 0.348 e. The third-order valence-electron chi connectivity index (χ3n) is 5.92. The van der Waals surface area contributed by atoms with Crippen molar-refractivity contribution in [3.63, 3.8) is 0 Å². The van der Waals surface area contributed by atoms with E-state index < -0.39 is 0 Å². The fourth-order valence-corrected chi connectivity index (χ4v) is 5.59. The lowest BCUT2D eigenvalue weighted by atomic mass is 9.83. The van der Waals surface area contributed by atoms with Crippen molar-refractivity contribution >= 4 is 34.0 Å². The Balaban J connectivity index is 1.34. The van der Waals surface area contributed by atoms with Crippen LogP contribution >= 0.6 is 22.9 Å². The molecule has 5 rings (SSSR count). The second kappa shape index (κ2) is 6.54. The molecule has 2 aliphatic heterocycles. The number of benzene rings is 1. The molecule has 6 heteroatoms. The first-order valence-electron chi connectivity index (χ1n) is 9.47. The SMILES string of the molecule is O=C1CCC2CN(c3nc(-c4ccccc4Cl)cs3)CCC2N1C1CC1. The maximum atomic E-state index is 12.4. The van der Waals surface area contributed by atoms with Gasteiger partial charge in [0.15, 0.2) is 5.13 Å². The van der Waals surface area contributed by atoms with Crippen molar-refractivity contribution in [2.24, 2.45) is 5.92 Å².